The van der Waals surface area contributed by atoms with Crippen LogP contribution in [0.15, 0.2) is 63.2 Å². The van der Waals surface area contributed by atoms with Gasteiger partial charge in [0.05, 0.1) is 5.69 Å². The molecule has 0 saturated heterocycles. The molecule has 1 aromatic carbocycles. The molecule has 0 fully saturated rings. The lowest BCUT2D eigenvalue weighted by molar-refractivity contribution is -0.819. The van der Waals surface area contributed by atoms with Crippen molar-refractivity contribution in [2.45, 2.75) is 25.3 Å². The standard InChI is InChI=1S/C21H22Cl2N4OS2/c1-14(2)19-20(30-18-9-15(22)8-16(23)10-18)27(12-26-19,13-28-21(29)24-3)11-17-6-4-5-7-25-17/h4-10,12,14H,11,13H2,1-3H3/p+1. The summed E-state index contributed by atoms with van der Waals surface area (Å²) in [5.74, 6) is 0.221. The summed E-state index contributed by atoms with van der Waals surface area (Å²) in [7, 11) is 1.74. The Morgan fingerprint density at radius 2 is 1.97 bits per heavy atom. The largest absolute Gasteiger partial charge is 0.419 e. The number of nitrogens with zero attached hydrogens (tertiary/aromatic N) is 3. The smallest absolute Gasteiger partial charge is 0.260 e. The van der Waals surface area contributed by atoms with Gasteiger partial charge in [0.25, 0.3) is 5.17 Å². The molecular formula is C21H23Cl2N4OS2+. The quantitative estimate of drug-likeness (QED) is 0.397. The van der Waals surface area contributed by atoms with Crippen molar-refractivity contribution in [3.8, 4) is 0 Å². The molecular weight excluding hydrogens is 459 g/mol. The Kier molecular flexibility index (Phi) is 7.76. The van der Waals surface area contributed by atoms with E-state index in [1.807, 2.05) is 36.7 Å². The van der Waals surface area contributed by atoms with E-state index in [1.54, 1.807) is 31.1 Å². The van der Waals surface area contributed by atoms with Gasteiger partial charge in [-0.05, 0) is 54.3 Å². The second kappa shape index (κ2) is 10.1. The van der Waals surface area contributed by atoms with Crippen LogP contribution >= 0.6 is 47.2 Å². The van der Waals surface area contributed by atoms with Crippen molar-refractivity contribution in [1.82, 2.24) is 10.3 Å². The molecule has 30 heavy (non-hydrogen) atoms. The summed E-state index contributed by atoms with van der Waals surface area (Å²) in [5.41, 5.74) is 1.92. The van der Waals surface area contributed by atoms with E-state index in [9.17, 15) is 0 Å². The van der Waals surface area contributed by atoms with Crippen LogP contribution < -0.4 is 5.32 Å². The molecule has 1 N–H and O–H groups in total. The first-order valence-electron chi connectivity index (χ1n) is 9.38. The van der Waals surface area contributed by atoms with Gasteiger partial charge in [-0.1, -0.05) is 43.1 Å². The zero-order chi connectivity index (χ0) is 21.7. The lowest BCUT2D eigenvalue weighted by Gasteiger charge is -2.31. The van der Waals surface area contributed by atoms with Crippen LogP contribution in [0.1, 0.15) is 19.5 Å². The third-order valence-electron chi connectivity index (χ3n) is 4.44. The number of allylic oxidation sites excluding steroid dienone is 1. The van der Waals surface area contributed by atoms with Gasteiger partial charge >= 0.3 is 0 Å². The van der Waals surface area contributed by atoms with Gasteiger partial charge in [0, 0.05) is 34.1 Å². The second-order valence-electron chi connectivity index (χ2n) is 7.12. The van der Waals surface area contributed by atoms with Crippen LogP contribution in [0.25, 0.3) is 0 Å². The third-order valence-corrected chi connectivity index (χ3v) is 6.44. The molecule has 9 heteroatoms. The van der Waals surface area contributed by atoms with E-state index in [1.165, 1.54) is 0 Å². The number of aromatic nitrogens is 1. The molecule has 0 aliphatic carbocycles. The minimum atomic E-state index is 0.221. The molecule has 0 radical (unpaired) electrons. The van der Waals surface area contributed by atoms with Crippen molar-refractivity contribution in [3.05, 3.63) is 69.1 Å². The normalized spacial score (nSPS) is 18.2. The first-order valence-corrected chi connectivity index (χ1v) is 11.4. The maximum Gasteiger partial charge on any atom is 0.260 e. The Morgan fingerprint density at radius 1 is 1.23 bits per heavy atom. The summed E-state index contributed by atoms with van der Waals surface area (Å²) in [5, 5.41) is 5.41. The Labute approximate surface area is 196 Å². The molecule has 2 heterocycles. The van der Waals surface area contributed by atoms with E-state index in [0.717, 1.165) is 21.3 Å². The van der Waals surface area contributed by atoms with Crippen LogP contribution in [0.3, 0.4) is 0 Å². The van der Waals surface area contributed by atoms with Gasteiger partial charge < -0.3 is 10.1 Å². The zero-order valence-electron chi connectivity index (χ0n) is 16.9. The third kappa shape index (κ3) is 5.53. The van der Waals surface area contributed by atoms with Gasteiger partial charge in [0.1, 0.15) is 12.2 Å². The highest BCUT2D eigenvalue weighted by Crippen LogP contribution is 2.43. The Bertz CT molecular complexity index is 962. The molecule has 3 rings (SSSR count). The van der Waals surface area contributed by atoms with E-state index >= 15 is 0 Å². The molecule has 1 unspecified atom stereocenters. The lowest BCUT2D eigenvalue weighted by atomic mass is 10.1. The first-order chi connectivity index (χ1) is 14.3. The number of aliphatic imine (C=N–C) groups is 1. The van der Waals surface area contributed by atoms with Crippen LogP contribution in [-0.2, 0) is 11.3 Å². The predicted octanol–water partition coefficient (Wildman–Crippen LogP) is 5.84. The number of rotatable bonds is 7. The molecule has 158 valence electrons. The number of hydrogen-bond donors (Lipinski definition) is 1. The molecule has 1 atom stereocenters. The van der Waals surface area contributed by atoms with Crippen molar-refractivity contribution in [3.63, 3.8) is 0 Å². The van der Waals surface area contributed by atoms with Crippen molar-refractivity contribution < 1.29 is 9.22 Å². The first kappa shape index (κ1) is 23.0. The van der Waals surface area contributed by atoms with Crippen LogP contribution in [0.5, 0.6) is 0 Å². The fourth-order valence-corrected chi connectivity index (χ4v) is 5.07. The highest BCUT2D eigenvalue weighted by Gasteiger charge is 2.42. The van der Waals surface area contributed by atoms with Gasteiger partial charge in [0.2, 0.25) is 11.8 Å². The number of halogens is 2. The Balaban J connectivity index is 2.04. The van der Waals surface area contributed by atoms with Gasteiger partial charge in [-0.3, -0.25) is 4.98 Å². The maximum atomic E-state index is 6.25. The number of ether oxygens (including phenoxy) is 1. The van der Waals surface area contributed by atoms with Crippen molar-refractivity contribution in [1.29, 1.82) is 0 Å². The molecule has 0 saturated carbocycles. The highest BCUT2D eigenvalue weighted by atomic mass is 35.5. The summed E-state index contributed by atoms with van der Waals surface area (Å²) >= 11 is 19.3. The van der Waals surface area contributed by atoms with Crippen LogP contribution in [0, 0.1) is 5.92 Å². The van der Waals surface area contributed by atoms with E-state index in [4.69, 9.17) is 45.1 Å². The average molecular weight is 482 g/mol. The molecule has 0 spiro atoms. The Hall–Kier alpha value is -1.64. The highest BCUT2D eigenvalue weighted by molar-refractivity contribution is 8.03. The number of benzene rings is 1. The lowest BCUT2D eigenvalue weighted by Crippen LogP contribution is -2.46. The summed E-state index contributed by atoms with van der Waals surface area (Å²) < 4.78 is 6.20. The van der Waals surface area contributed by atoms with Crippen LogP contribution in [0.4, 0.5) is 0 Å². The van der Waals surface area contributed by atoms with Gasteiger partial charge in [0.15, 0.2) is 6.34 Å². The summed E-state index contributed by atoms with van der Waals surface area (Å²) in [6.07, 6.45) is 3.70. The minimum Gasteiger partial charge on any atom is -0.419 e. The zero-order valence-corrected chi connectivity index (χ0v) is 20.1. The number of pyridine rings is 1. The van der Waals surface area contributed by atoms with Crippen LogP contribution in [-0.4, -0.2) is 34.8 Å². The van der Waals surface area contributed by atoms with E-state index in [-0.39, 0.29) is 12.6 Å². The average Bonchev–Trinajstić information content (AvgIpc) is 3.04. The molecule has 1 aliphatic heterocycles. The van der Waals surface area contributed by atoms with E-state index in [2.05, 4.69) is 24.1 Å². The number of nitrogens with one attached hydrogen (secondary N) is 1. The van der Waals surface area contributed by atoms with Crippen molar-refractivity contribution in [2.24, 2.45) is 10.9 Å². The molecule has 2 aromatic rings. The van der Waals surface area contributed by atoms with Crippen molar-refractivity contribution in [2.75, 3.05) is 13.8 Å². The van der Waals surface area contributed by atoms with Gasteiger partial charge in [-0.25, -0.2) is 9.48 Å². The maximum absolute atomic E-state index is 6.25. The minimum absolute atomic E-state index is 0.221. The van der Waals surface area contributed by atoms with E-state index < -0.39 is 0 Å². The van der Waals surface area contributed by atoms with Gasteiger partial charge in [-0.2, -0.15) is 0 Å². The number of hydrogen-bond acceptors (Lipinski definition) is 5. The number of thiocarbonyl (C=S) groups is 1. The fraction of sp³-hybridized carbons (Fsp3) is 0.286. The molecule has 0 bridgehead atoms. The fourth-order valence-electron chi connectivity index (χ4n) is 3.02. The number of thioether (sulfide) groups is 1. The number of quaternary nitrogens is 1. The SMILES string of the molecule is CNC(=S)OC[N+]1(Cc2ccccn2)C=NC(C(C)C)=C1Sc1cc(Cl)cc(Cl)c1. The molecule has 1 aromatic heterocycles. The summed E-state index contributed by atoms with van der Waals surface area (Å²) in [6, 6.07) is 11.4. The summed E-state index contributed by atoms with van der Waals surface area (Å²) in [6.45, 7) is 5.10. The van der Waals surface area contributed by atoms with E-state index in [0.29, 0.717) is 26.2 Å². The molecule has 5 nitrogen and oxygen atoms in total. The Morgan fingerprint density at radius 3 is 2.57 bits per heavy atom. The molecule has 1 aliphatic rings. The van der Waals surface area contributed by atoms with Gasteiger partial charge in [-0.15, -0.1) is 0 Å². The van der Waals surface area contributed by atoms with Crippen LogP contribution in [0.2, 0.25) is 10.0 Å². The predicted molar refractivity (Wildman–Crippen MR) is 128 cm³/mol. The summed E-state index contributed by atoms with van der Waals surface area (Å²) in [4.78, 5) is 10.2. The topological polar surface area (TPSA) is 46.5 Å². The monoisotopic (exact) mass is 481 g/mol. The molecule has 0 amide bonds. The second-order valence-corrected chi connectivity index (χ2v) is 9.43. The van der Waals surface area contributed by atoms with Crippen molar-refractivity contribution >= 4 is 58.7 Å².